The van der Waals surface area contributed by atoms with Crippen LogP contribution in [0.2, 0.25) is 0 Å². The van der Waals surface area contributed by atoms with E-state index >= 15 is 0 Å². The Hall–Kier alpha value is -1.01. The molecule has 0 bridgehead atoms. The number of hydrogen-bond acceptors (Lipinski definition) is 4. The summed E-state index contributed by atoms with van der Waals surface area (Å²) in [4.78, 5) is 12.0. The van der Waals surface area contributed by atoms with Crippen molar-refractivity contribution >= 4 is 17.7 Å². The van der Waals surface area contributed by atoms with E-state index in [1.807, 2.05) is 0 Å². The molecule has 1 saturated heterocycles. The summed E-state index contributed by atoms with van der Waals surface area (Å²) < 4.78 is 0. The molecule has 0 aliphatic carbocycles. The van der Waals surface area contributed by atoms with E-state index in [1.165, 1.54) is 0 Å². The van der Waals surface area contributed by atoms with Gasteiger partial charge in [-0.3, -0.25) is 9.89 Å². The van der Waals surface area contributed by atoms with E-state index in [9.17, 15) is 9.90 Å². The van der Waals surface area contributed by atoms with Gasteiger partial charge in [0.05, 0.1) is 5.60 Å². The first kappa shape index (κ1) is 14.4. The van der Waals surface area contributed by atoms with Gasteiger partial charge in [-0.15, -0.1) is 0 Å². The summed E-state index contributed by atoms with van der Waals surface area (Å²) in [7, 11) is 0. The zero-order valence-corrected chi connectivity index (χ0v) is 12.4. The van der Waals surface area contributed by atoms with Crippen molar-refractivity contribution in [2.45, 2.75) is 38.2 Å². The average molecular weight is 283 g/mol. The first-order valence-corrected chi connectivity index (χ1v) is 7.60. The van der Waals surface area contributed by atoms with Crippen LogP contribution in [0, 0.1) is 0 Å². The summed E-state index contributed by atoms with van der Waals surface area (Å²) in [5, 5.41) is 19.8. The average Bonchev–Trinajstić information content (AvgIpc) is 2.94. The second kappa shape index (κ2) is 5.17. The van der Waals surface area contributed by atoms with Crippen molar-refractivity contribution in [3.8, 4) is 0 Å². The van der Waals surface area contributed by atoms with Gasteiger partial charge < -0.3 is 10.4 Å². The second-order valence-corrected chi connectivity index (χ2v) is 7.23. The van der Waals surface area contributed by atoms with Crippen LogP contribution in [0.3, 0.4) is 0 Å². The van der Waals surface area contributed by atoms with Crippen molar-refractivity contribution in [2.24, 2.45) is 0 Å². The van der Waals surface area contributed by atoms with E-state index in [0.29, 0.717) is 11.4 Å². The van der Waals surface area contributed by atoms with Gasteiger partial charge in [-0.1, -0.05) is 20.8 Å². The number of nitrogens with zero attached hydrogens (tertiary/aromatic N) is 1. The zero-order chi connectivity index (χ0) is 14.1. The molecular weight excluding hydrogens is 262 g/mol. The molecule has 1 unspecified atom stereocenters. The molecule has 106 valence electrons. The minimum absolute atomic E-state index is 0.0637. The van der Waals surface area contributed by atoms with Crippen molar-refractivity contribution < 1.29 is 9.90 Å². The molecule has 1 fully saturated rings. The van der Waals surface area contributed by atoms with Gasteiger partial charge in [0.1, 0.15) is 5.69 Å². The molecule has 2 heterocycles. The van der Waals surface area contributed by atoms with E-state index < -0.39 is 5.60 Å². The summed E-state index contributed by atoms with van der Waals surface area (Å²) in [6.07, 6.45) is 0.728. The number of rotatable bonds is 3. The molecule has 3 N–H and O–H groups in total. The Balaban J connectivity index is 1.95. The number of aromatic amines is 1. The Bertz CT molecular complexity index is 459. The van der Waals surface area contributed by atoms with Gasteiger partial charge in [0.15, 0.2) is 0 Å². The molecule has 1 aliphatic rings. The number of aromatic nitrogens is 2. The van der Waals surface area contributed by atoms with E-state index in [1.54, 1.807) is 17.8 Å². The highest BCUT2D eigenvalue weighted by atomic mass is 32.2. The van der Waals surface area contributed by atoms with Crippen LogP contribution in [-0.4, -0.2) is 44.9 Å². The monoisotopic (exact) mass is 283 g/mol. The summed E-state index contributed by atoms with van der Waals surface area (Å²) in [6.45, 7) is 6.46. The third kappa shape index (κ3) is 3.51. The first-order valence-electron chi connectivity index (χ1n) is 6.44. The number of nitrogens with one attached hydrogen (secondary N) is 2. The third-order valence-corrected chi connectivity index (χ3v) is 4.51. The molecule has 5 nitrogen and oxygen atoms in total. The Labute approximate surface area is 117 Å². The fourth-order valence-corrected chi connectivity index (χ4v) is 3.19. The number of hydrogen-bond donors (Lipinski definition) is 3. The SMILES string of the molecule is CC(C)(C)c1cc(C(=O)NCC2(O)CCSC2)n[nH]1. The number of aliphatic hydroxyl groups is 1. The molecule has 1 amide bonds. The van der Waals surface area contributed by atoms with Crippen LogP contribution in [0.15, 0.2) is 6.07 Å². The highest BCUT2D eigenvalue weighted by Crippen LogP contribution is 2.27. The van der Waals surface area contributed by atoms with Gasteiger partial charge in [-0.05, 0) is 18.2 Å². The van der Waals surface area contributed by atoms with Crippen molar-refractivity contribution in [1.29, 1.82) is 0 Å². The first-order chi connectivity index (χ1) is 8.80. The minimum atomic E-state index is -0.760. The fraction of sp³-hybridized carbons (Fsp3) is 0.692. The molecule has 0 radical (unpaired) electrons. The molecule has 1 aromatic rings. The van der Waals surface area contributed by atoms with E-state index in [2.05, 4.69) is 36.3 Å². The normalized spacial score (nSPS) is 23.6. The fourth-order valence-electron chi connectivity index (χ4n) is 1.89. The summed E-state index contributed by atoms with van der Waals surface area (Å²) >= 11 is 1.71. The van der Waals surface area contributed by atoms with Gasteiger partial charge >= 0.3 is 0 Å². The zero-order valence-electron chi connectivity index (χ0n) is 11.6. The van der Waals surface area contributed by atoms with Gasteiger partial charge in [-0.2, -0.15) is 16.9 Å². The summed E-state index contributed by atoms with van der Waals surface area (Å²) in [5.74, 6) is 1.39. The molecule has 6 heteroatoms. The molecule has 1 atom stereocenters. The lowest BCUT2D eigenvalue weighted by molar-refractivity contribution is 0.0611. The number of H-pyrrole nitrogens is 1. The van der Waals surface area contributed by atoms with Crippen LogP contribution in [-0.2, 0) is 5.41 Å². The van der Waals surface area contributed by atoms with Crippen LogP contribution in [0.25, 0.3) is 0 Å². The summed E-state index contributed by atoms with van der Waals surface area (Å²) in [5.41, 5.74) is 0.474. The van der Waals surface area contributed by atoms with E-state index in [0.717, 1.165) is 17.9 Å². The molecule has 19 heavy (non-hydrogen) atoms. The van der Waals surface area contributed by atoms with Crippen molar-refractivity contribution in [3.05, 3.63) is 17.5 Å². The summed E-state index contributed by atoms with van der Waals surface area (Å²) in [6, 6.07) is 1.77. The van der Waals surface area contributed by atoms with Gasteiger partial charge in [-0.25, -0.2) is 0 Å². The predicted molar refractivity (Wildman–Crippen MR) is 76.5 cm³/mol. The van der Waals surface area contributed by atoms with Gasteiger partial charge in [0.2, 0.25) is 0 Å². The highest BCUT2D eigenvalue weighted by molar-refractivity contribution is 7.99. The molecule has 1 aliphatic heterocycles. The standard InChI is InChI=1S/C13H21N3O2S/c1-12(2,3)10-6-9(15-16-10)11(17)14-7-13(18)4-5-19-8-13/h6,18H,4-5,7-8H2,1-3H3,(H,14,17)(H,15,16). The van der Waals surface area contributed by atoms with Crippen LogP contribution >= 0.6 is 11.8 Å². The maximum absolute atomic E-state index is 12.0. The van der Waals surface area contributed by atoms with E-state index in [-0.39, 0.29) is 17.9 Å². The van der Waals surface area contributed by atoms with Crippen molar-refractivity contribution in [3.63, 3.8) is 0 Å². The number of carbonyl (C=O) groups excluding carboxylic acids is 1. The van der Waals surface area contributed by atoms with Gasteiger partial charge in [0.25, 0.3) is 5.91 Å². The Morgan fingerprint density at radius 3 is 2.89 bits per heavy atom. The molecule has 2 rings (SSSR count). The molecule has 0 saturated carbocycles. The molecule has 0 aromatic carbocycles. The van der Waals surface area contributed by atoms with Crippen molar-refractivity contribution in [2.75, 3.05) is 18.1 Å². The highest BCUT2D eigenvalue weighted by Gasteiger charge is 2.32. The number of carbonyl (C=O) groups is 1. The van der Waals surface area contributed by atoms with Crippen LogP contribution < -0.4 is 5.32 Å². The van der Waals surface area contributed by atoms with Crippen LogP contribution in [0.1, 0.15) is 43.4 Å². The minimum Gasteiger partial charge on any atom is -0.387 e. The lowest BCUT2D eigenvalue weighted by Crippen LogP contribution is -2.43. The Kier molecular flexibility index (Phi) is 3.92. The number of thioether (sulfide) groups is 1. The Morgan fingerprint density at radius 2 is 2.37 bits per heavy atom. The van der Waals surface area contributed by atoms with Crippen LogP contribution in [0.4, 0.5) is 0 Å². The lowest BCUT2D eigenvalue weighted by Gasteiger charge is -2.21. The maximum atomic E-state index is 12.0. The lowest BCUT2D eigenvalue weighted by atomic mass is 9.92. The molecule has 1 aromatic heterocycles. The topological polar surface area (TPSA) is 78.0 Å². The Morgan fingerprint density at radius 1 is 1.63 bits per heavy atom. The number of amides is 1. The van der Waals surface area contributed by atoms with Crippen molar-refractivity contribution in [1.82, 2.24) is 15.5 Å². The largest absolute Gasteiger partial charge is 0.387 e. The quantitative estimate of drug-likeness (QED) is 0.781. The second-order valence-electron chi connectivity index (χ2n) is 6.13. The van der Waals surface area contributed by atoms with Crippen LogP contribution in [0.5, 0.6) is 0 Å². The predicted octanol–water partition coefficient (Wildman–Crippen LogP) is 1.30. The maximum Gasteiger partial charge on any atom is 0.271 e. The smallest absolute Gasteiger partial charge is 0.271 e. The van der Waals surface area contributed by atoms with Gasteiger partial charge in [0, 0.05) is 23.4 Å². The molecule has 0 spiro atoms. The third-order valence-electron chi connectivity index (χ3n) is 3.28. The van der Waals surface area contributed by atoms with E-state index in [4.69, 9.17) is 0 Å². The molecular formula is C13H21N3O2S.